The Balaban J connectivity index is 2.30. The SMILES string of the molecule is Nc1ccccc1Cc1ccccc1S. The first-order valence-electron chi connectivity index (χ1n) is 4.87. The lowest BCUT2D eigenvalue weighted by molar-refractivity contribution is 1.13. The van der Waals surface area contributed by atoms with Crippen molar-refractivity contribution in [1.82, 2.24) is 0 Å². The number of anilines is 1. The molecule has 15 heavy (non-hydrogen) atoms. The van der Waals surface area contributed by atoms with E-state index in [0.717, 1.165) is 22.6 Å². The molecule has 0 saturated heterocycles. The van der Waals surface area contributed by atoms with Crippen molar-refractivity contribution in [3.63, 3.8) is 0 Å². The van der Waals surface area contributed by atoms with E-state index >= 15 is 0 Å². The van der Waals surface area contributed by atoms with Gasteiger partial charge in [0.2, 0.25) is 0 Å². The number of hydrogen-bond acceptors (Lipinski definition) is 2. The lowest BCUT2D eigenvalue weighted by atomic mass is 10.0. The molecule has 2 aromatic rings. The van der Waals surface area contributed by atoms with Crippen LogP contribution in [-0.4, -0.2) is 0 Å². The summed E-state index contributed by atoms with van der Waals surface area (Å²) in [5.74, 6) is 0. The third kappa shape index (κ3) is 2.34. The van der Waals surface area contributed by atoms with Crippen LogP contribution in [0.3, 0.4) is 0 Å². The Morgan fingerprint density at radius 2 is 1.47 bits per heavy atom. The van der Waals surface area contributed by atoms with E-state index in [1.165, 1.54) is 5.56 Å². The van der Waals surface area contributed by atoms with E-state index in [2.05, 4.69) is 24.8 Å². The fourth-order valence-electron chi connectivity index (χ4n) is 1.56. The Hall–Kier alpha value is -1.41. The van der Waals surface area contributed by atoms with E-state index in [1.54, 1.807) is 0 Å². The lowest BCUT2D eigenvalue weighted by Gasteiger charge is -2.07. The fourth-order valence-corrected chi connectivity index (χ4v) is 1.80. The summed E-state index contributed by atoms with van der Waals surface area (Å²) in [7, 11) is 0. The average molecular weight is 215 g/mol. The van der Waals surface area contributed by atoms with Crippen molar-refractivity contribution in [3.8, 4) is 0 Å². The molecule has 0 spiro atoms. The van der Waals surface area contributed by atoms with Crippen molar-refractivity contribution >= 4 is 18.3 Å². The highest BCUT2D eigenvalue weighted by Gasteiger charge is 2.02. The molecule has 2 N–H and O–H groups in total. The summed E-state index contributed by atoms with van der Waals surface area (Å²) in [6, 6.07) is 16.0. The number of hydrogen-bond donors (Lipinski definition) is 2. The predicted octanol–water partition coefficient (Wildman–Crippen LogP) is 3.15. The van der Waals surface area contributed by atoms with Crippen LogP contribution in [0.25, 0.3) is 0 Å². The van der Waals surface area contributed by atoms with Crippen LogP contribution in [0.15, 0.2) is 53.4 Å². The predicted molar refractivity (Wildman–Crippen MR) is 67.4 cm³/mol. The number of nitrogens with two attached hydrogens (primary N) is 1. The Morgan fingerprint density at radius 1 is 0.867 bits per heavy atom. The van der Waals surface area contributed by atoms with Crippen LogP contribution in [-0.2, 0) is 6.42 Å². The Bertz CT molecular complexity index is 422. The maximum Gasteiger partial charge on any atom is 0.0349 e. The van der Waals surface area contributed by atoms with Gasteiger partial charge >= 0.3 is 0 Å². The van der Waals surface area contributed by atoms with E-state index in [1.807, 2.05) is 36.4 Å². The minimum Gasteiger partial charge on any atom is -0.398 e. The first kappa shape index (κ1) is 10.1. The van der Waals surface area contributed by atoms with Crippen LogP contribution in [0, 0.1) is 0 Å². The summed E-state index contributed by atoms with van der Waals surface area (Å²) in [5, 5.41) is 0. The van der Waals surface area contributed by atoms with Crippen LogP contribution < -0.4 is 5.73 Å². The lowest BCUT2D eigenvalue weighted by Crippen LogP contribution is -1.95. The average Bonchev–Trinajstić information content (AvgIpc) is 2.24. The molecule has 0 amide bonds. The molecule has 2 heteroatoms. The first-order chi connectivity index (χ1) is 7.27. The van der Waals surface area contributed by atoms with Crippen molar-refractivity contribution < 1.29 is 0 Å². The quantitative estimate of drug-likeness (QED) is 0.584. The summed E-state index contributed by atoms with van der Waals surface area (Å²) in [6.07, 6.45) is 0.840. The molecule has 0 aliphatic carbocycles. The van der Waals surface area contributed by atoms with Crippen LogP contribution in [0.4, 0.5) is 5.69 Å². The van der Waals surface area contributed by atoms with Gasteiger partial charge in [-0.3, -0.25) is 0 Å². The molecule has 0 aliphatic rings. The Labute approximate surface area is 95.3 Å². The highest BCUT2D eigenvalue weighted by Crippen LogP contribution is 2.20. The van der Waals surface area contributed by atoms with Crippen LogP contribution >= 0.6 is 12.6 Å². The zero-order valence-electron chi connectivity index (χ0n) is 8.35. The molecule has 0 radical (unpaired) electrons. The second kappa shape index (κ2) is 4.41. The molecule has 76 valence electrons. The van der Waals surface area contributed by atoms with Gasteiger partial charge in [-0.2, -0.15) is 0 Å². The van der Waals surface area contributed by atoms with Gasteiger partial charge in [0.25, 0.3) is 0 Å². The Morgan fingerprint density at radius 3 is 2.13 bits per heavy atom. The van der Waals surface area contributed by atoms with E-state index in [4.69, 9.17) is 5.73 Å². The molecular weight excluding hydrogens is 202 g/mol. The molecule has 1 nitrogen and oxygen atoms in total. The smallest absolute Gasteiger partial charge is 0.0349 e. The largest absolute Gasteiger partial charge is 0.398 e. The summed E-state index contributed by atoms with van der Waals surface area (Å²) in [5.41, 5.74) is 9.09. The maximum absolute atomic E-state index is 5.89. The topological polar surface area (TPSA) is 26.0 Å². The van der Waals surface area contributed by atoms with E-state index in [9.17, 15) is 0 Å². The highest BCUT2D eigenvalue weighted by molar-refractivity contribution is 7.80. The normalized spacial score (nSPS) is 10.2. The number of rotatable bonds is 2. The van der Waals surface area contributed by atoms with Gasteiger partial charge < -0.3 is 5.73 Å². The number of nitrogen functional groups attached to an aromatic ring is 1. The summed E-state index contributed by atoms with van der Waals surface area (Å²) < 4.78 is 0. The van der Waals surface area contributed by atoms with Crippen molar-refractivity contribution in [1.29, 1.82) is 0 Å². The van der Waals surface area contributed by atoms with Gasteiger partial charge in [-0.1, -0.05) is 36.4 Å². The van der Waals surface area contributed by atoms with E-state index in [0.29, 0.717) is 0 Å². The van der Waals surface area contributed by atoms with Crippen molar-refractivity contribution in [3.05, 3.63) is 59.7 Å². The molecule has 0 bridgehead atoms. The van der Waals surface area contributed by atoms with Crippen molar-refractivity contribution in [2.45, 2.75) is 11.3 Å². The van der Waals surface area contributed by atoms with Crippen LogP contribution in [0.5, 0.6) is 0 Å². The highest BCUT2D eigenvalue weighted by atomic mass is 32.1. The molecule has 0 unspecified atom stereocenters. The number of benzene rings is 2. The molecule has 2 rings (SSSR count). The second-order valence-corrected chi connectivity index (χ2v) is 3.99. The van der Waals surface area contributed by atoms with Gasteiger partial charge in [-0.05, 0) is 23.3 Å². The van der Waals surface area contributed by atoms with E-state index < -0.39 is 0 Å². The number of thiol groups is 1. The van der Waals surface area contributed by atoms with Crippen LogP contribution in [0.2, 0.25) is 0 Å². The third-order valence-corrected chi connectivity index (χ3v) is 2.86. The third-order valence-electron chi connectivity index (χ3n) is 2.43. The molecule has 0 fully saturated rings. The molecule has 2 aromatic carbocycles. The van der Waals surface area contributed by atoms with Gasteiger partial charge in [0.15, 0.2) is 0 Å². The molecule has 0 atom stereocenters. The molecule has 0 heterocycles. The van der Waals surface area contributed by atoms with Gasteiger partial charge in [-0.25, -0.2) is 0 Å². The zero-order valence-corrected chi connectivity index (χ0v) is 9.24. The minimum atomic E-state index is 0.840. The molecule has 0 aromatic heterocycles. The number of para-hydroxylation sites is 1. The molecule has 0 aliphatic heterocycles. The summed E-state index contributed by atoms with van der Waals surface area (Å²) in [4.78, 5) is 1.01. The van der Waals surface area contributed by atoms with Gasteiger partial charge in [0.1, 0.15) is 0 Å². The van der Waals surface area contributed by atoms with E-state index in [-0.39, 0.29) is 0 Å². The second-order valence-electron chi connectivity index (χ2n) is 3.50. The minimum absolute atomic E-state index is 0.840. The maximum atomic E-state index is 5.89. The zero-order chi connectivity index (χ0) is 10.7. The van der Waals surface area contributed by atoms with Crippen molar-refractivity contribution in [2.75, 3.05) is 5.73 Å². The monoisotopic (exact) mass is 215 g/mol. The summed E-state index contributed by atoms with van der Waals surface area (Å²) in [6.45, 7) is 0. The fraction of sp³-hybridized carbons (Fsp3) is 0.0769. The van der Waals surface area contributed by atoms with Crippen LogP contribution in [0.1, 0.15) is 11.1 Å². The van der Waals surface area contributed by atoms with Gasteiger partial charge in [0, 0.05) is 17.0 Å². The molecule has 0 saturated carbocycles. The van der Waals surface area contributed by atoms with Gasteiger partial charge in [0.05, 0.1) is 0 Å². The van der Waals surface area contributed by atoms with Gasteiger partial charge in [-0.15, -0.1) is 12.6 Å². The Kier molecular flexibility index (Phi) is 2.97. The first-order valence-corrected chi connectivity index (χ1v) is 5.32. The summed E-state index contributed by atoms with van der Waals surface area (Å²) >= 11 is 4.42. The van der Waals surface area contributed by atoms with Crippen molar-refractivity contribution in [2.24, 2.45) is 0 Å². The standard InChI is InChI=1S/C13H13NS/c14-12-7-3-1-5-10(12)9-11-6-2-4-8-13(11)15/h1-8,15H,9,14H2. The molecular formula is C13H13NS.